The van der Waals surface area contributed by atoms with E-state index in [-0.39, 0.29) is 18.6 Å². The number of hydrogen-bond donors (Lipinski definition) is 1. The molecule has 0 saturated heterocycles. The van der Waals surface area contributed by atoms with E-state index in [0.717, 1.165) is 35.1 Å². The molecule has 1 amide bonds. The highest BCUT2D eigenvalue weighted by Gasteiger charge is 2.18. The van der Waals surface area contributed by atoms with E-state index in [1.54, 1.807) is 14.2 Å². The van der Waals surface area contributed by atoms with Gasteiger partial charge in [0.25, 0.3) is 5.91 Å². The van der Waals surface area contributed by atoms with Gasteiger partial charge in [0, 0.05) is 24.5 Å². The highest BCUT2D eigenvalue weighted by Crippen LogP contribution is 2.34. The Balaban J connectivity index is 1.35. The summed E-state index contributed by atoms with van der Waals surface area (Å²) in [7, 11) is 3.22. The molecule has 7 heteroatoms. The molecule has 7 nitrogen and oxygen atoms in total. The number of carbonyl (C=O) groups excluding carboxylic acids is 1. The summed E-state index contributed by atoms with van der Waals surface area (Å²) in [5.41, 5.74) is 3.07. The maximum atomic E-state index is 12.5. The number of benzene rings is 2. The first-order valence-electron chi connectivity index (χ1n) is 11.3. The maximum absolute atomic E-state index is 12.5. The van der Waals surface area contributed by atoms with Gasteiger partial charge in [-0.15, -0.1) is 0 Å². The van der Waals surface area contributed by atoms with Gasteiger partial charge in [-0.2, -0.15) is 0 Å². The van der Waals surface area contributed by atoms with E-state index in [1.807, 2.05) is 43.3 Å². The van der Waals surface area contributed by atoms with Gasteiger partial charge in [0.15, 0.2) is 18.1 Å². The van der Waals surface area contributed by atoms with Gasteiger partial charge in [-0.25, -0.2) is 0 Å². The van der Waals surface area contributed by atoms with Gasteiger partial charge in [0.1, 0.15) is 23.7 Å². The third-order valence-corrected chi connectivity index (χ3v) is 5.91. The van der Waals surface area contributed by atoms with Crippen molar-refractivity contribution in [2.75, 3.05) is 34.0 Å². The van der Waals surface area contributed by atoms with Gasteiger partial charge < -0.3 is 28.7 Å². The minimum atomic E-state index is -0.216. The number of fused-ring (bicyclic) bond motifs is 3. The van der Waals surface area contributed by atoms with Crippen LogP contribution in [0.4, 0.5) is 0 Å². The van der Waals surface area contributed by atoms with Gasteiger partial charge >= 0.3 is 0 Å². The maximum Gasteiger partial charge on any atom is 0.258 e. The molecular formula is C26H31NO6. The fourth-order valence-electron chi connectivity index (χ4n) is 4.15. The summed E-state index contributed by atoms with van der Waals surface area (Å²) in [5, 5.41) is 4.07. The van der Waals surface area contributed by atoms with Gasteiger partial charge in [0.05, 0.1) is 19.8 Å². The molecule has 4 rings (SSSR count). The molecule has 0 aliphatic heterocycles. The number of hydrogen-bond acceptors (Lipinski definition) is 6. The van der Waals surface area contributed by atoms with Crippen molar-refractivity contribution in [2.45, 2.75) is 38.6 Å². The van der Waals surface area contributed by atoms with Gasteiger partial charge in [-0.05, 0) is 62.1 Å². The summed E-state index contributed by atoms with van der Waals surface area (Å²) in [6.07, 6.45) is 4.37. The Hall–Kier alpha value is -3.19. The lowest BCUT2D eigenvalue weighted by Gasteiger charge is -2.17. The monoisotopic (exact) mass is 453 g/mol. The second kappa shape index (κ2) is 10.6. The van der Waals surface area contributed by atoms with Crippen LogP contribution in [0.25, 0.3) is 11.0 Å². The number of ether oxygens (including phenoxy) is 4. The highest BCUT2D eigenvalue weighted by atomic mass is 16.5. The standard InChI is InChI=1S/C26H31NO6/c1-17(18-8-10-24(25(14-18)30-3)31-13-12-29-2)27-26(28)16-32-19-9-11-23-21(15-19)20-6-4-5-7-22(20)33-23/h8-11,14-15,17H,4-7,12-13,16H2,1-3H3,(H,27,28). The molecule has 0 radical (unpaired) electrons. The molecule has 0 bridgehead atoms. The third-order valence-electron chi connectivity index (χ3n) is 5.91. The zero-order chi connectivity index (χ0) is 23.2. The van der Waals surface area contributed by atoms with E-state index in [0.29, 0.717) is 30.5 Å². The van der Waals surface area contributed by atoms with Crippen LogP contribution >= 0.6 is 0 Å². The molecule has 1 aliphatic carbocycles. The fraction of sp³-hybridized carbons (Fsp3) is 0.423. The Morgan fingerprint density at radius 3 is 2.70 bits per heavy atom. The Morgan fingerprint density at radius 1 is 1.03 bits per heavy atom. The Labute approximate surface area is 194 Å². The number of carbonyl (C=O) groups is 1. The number of rotatable bonds is 10. The molecule has 2 aromatic carbocycles. The average molecular weight is 454 g/mol. The Kier molecular flexibility index (Phi) is 7.40. The van der Waals surface area contributed by atoms with Gasteiger partial charge in [-0.3, -0.25) is 4.79 Å². The van der Waals surface area contributed by atoms with Crippen molar-refractivity contribution < 1.29 is 28.2 Å². The second-order valence-corrected chi connectivity index (χ2v) is 8.20. The number of amides is 1. The topological polar surface area (TPSA) is 79.2 Å². The van der Waals surface area contributed by atoms with E-state index in [1.165, 1.54) is 18.4 Å². The molecular weight excluding hydrogens is 422 g/mol. The van der Waals surface area contributed by atoms with Crippen LogP contribution < -0.4 is 19.5 Å². The number of nitrogens with one attached hydrogen (secondary N) is 1. The molecule has 0 saturated carbocycles. The van der Waals surface area contributed by atoms with E-state index in [9.17, 15) is 4.79 Å². The molecule has 0 fully saturated rings. The van der Waals surface area contributed by atoms with Crippen molar-refractivity contribution in [3.05, 3.63) is 53.3 Å². The molecule has 33 heavy (non-hydrogen) atoms. The van der Waals surface area contributed by atoms with Crippen LogP contribution in [0, 0.1) is 0 Å². The predicted octanol–water partition coefficient (Wildman–Crippen LogP) is 4.60. The molecule has 1 atom stereocenters. The number of furan rings is 1. The SMILES string of the molecule is COCCOc1ccc(C(C)NC(=O)COc2ccc3oc4c(c3c2)CCCC4)cc1OC. The molecule has 1 unspecified atom stereocenters. The molecule has 3 aromatic rings. The summed E-state index contributed by atoms with van der Waals surface area (Å²) in [4.78, 5) is 12.5. The summed E-state index contributed by atoms with van der Waals surface area (Å²) in [6.45, 7) is 2.78. The average Bonchev–Trinajstić information content (AvgIpc) is 3.21. The van der Waals surface area contributed by atoms with Crippen molar-refractivity contribution in [1.82, 2.24) is 5.32 Å². The second-order valence-electron chi connectivity index (χ2n) is 8.20. The normalized spacial score (nSPS) is 13.9. The smallest absolute Gasteiger partial charge is 0.258 e. The van der Waals surface area contributed by atoms with Crippen molar-refractivity contribution >= 4 is 16.9 Å². The number of aryl methyl sites for hydroxylation is 2. The fourth-order valence-corrected chi connectivity index (χ4v) is 4.15. The molecule has 1 aromatic heterocycles. The first kappa shape index (κ1) is 23.0. The van der Waals surface area contributed by atoms with Crippen molar-refractivity contribution in [1.29, 1.82) is 0 Å². The van der Waals surface area contributed by atoms with E-state index in [2.05, 4.69) is 5.32 Å². The largest absolute Gasteiger partial charge is 0.493 e. The summed E-state index contributed by atoms with van der Waals surface area (Å²) < 4.78 is 27.9. The predicted molar refractivity (Wildman–Crippen MR) is 125 cm³/mol. The van der Waals surface area contributed by atoms with Crippen molar-refractivity contribution in [2.24, 2.45) is 0 Å². The molecule has 0 spiro atoms. The van der Waals surface area contributed by atoms with Gasteiger partial charge in [0.2, 0.25) is 0 Å². The highest BCUT2D eigenvalue weighted by molar-refractivity contribution is 5.84. The van der Waals surface area contributed by atoms with Crippen molar-refractivity contribution in [3.8, 4) is 17.2 Å². The van der Waals surface area contributed by atoms with Crippen LogP contribution in [0.2, 0.25) is 0 Å². The Morgan fingerprint density at radius 2 is 1.88 bits per heavy atom. The molecule has 1 heterocycles. The Bertz CT molecular complexity index is 1110. The minimum Gasteiger partial charge on any atom is -0.493 e. The van der Waals surface area contributed by atoms with Crippen LogP contribution in [0.1, 0.15) is 42.7 Å². The van der Waals surface area contributed by atoms with E-state index >= 15 is 0 Å². The zero-order valence-electron chi connectivity index (χ0n) is 19.4. The lowest BCUT2D eigenvalue weighted by Crippen LogP contribution is -2.31. The van der Waals surface area contributed by atoms with Crippen LogP contribution in [0.15, 0.2) is 40.8 Å². The van der Waals surface area contributed by atoms with Gasteiger partial charge in [-0.1, -0.05) is 6.07 Å². The van der Waals surface area contributed by atoms with E-state index in [4.69, 9.17) is 23.4 Å². The minimum absolute atomic E-state index is 0.0643. The van der Waals surface area contributed by atoms with Crippen LogP contribution in [0.5, 0.6) is 17.2 Å². The quantitative estimate of drug-likeness (QED) is 0.452. The first-order chi connectivity index (χ1) is 16.1. The lowest BCUT2D eigenvalue weighted by molar-refractivity contribution is -0.123. The summed E-state index contributed by atoms with van der Waals surface area (Å²) in [6, 6.07) is 11.1. The van der Waals surface area contributed by atoms with Crippen LogP contribution in [-0.2, 0) is 22.4 Å². The lowest BCUT2D eigenvalue weighted by atomic mass is 9.96. The molecule has 1 aliphatic rings. The zero-order valence-corrected chi connectivity index (χ0v) is 19.4. The molecule has 1 N–H and O–H groups in total. The summed E-state index contributed by atoms with van der Waals surface area (Å²) in [5.74, 6) is 2.80. The van der Waals surface area contributed by atoms with Crippen molar-refractivity contribution in [3.63, 3.8) is 0 Å². The number of methoxy groups -OCH3 is 2. The molecule has 176 valence electrons. The van der Waals surface area contributed by atoms with E-state index < -0.39 is 0 Å². The van der Waals surface area contributed by atoms with Crippen LogP contribution in [0.3, 0.4) is 0 Å². The summed E-state index contributed by atoms with van der Waals surface area (Å²) >= 11 is 0. The third kappa shape index (κ3) is 5.42. The first-order valence-corrected chi connectivity index (χ1v) is 11.3. The van der Waals surface area contributed by atoms with Crippen LogP contribution in [-0.4, -0.2) is 39.9 Å².